The third-order valence-electron chi connectivity index (χ3n) is 4.73. The number of benzene rings is 2. The lowest BCUT2D eigenvalue weighted by atomic mass is 10.0. The van der Waals surface area contributed by atoms with Gasteiger partial charge in [0.2, 0.25) is 0 Å². The van der Waals surface area contributed by atoms with Gasteiger partial charge in [-0.05, 0) is 36.1 Å². The molecular weight excluding hydrogens is 302 g/mol. The van der Waals surface area contributed by atoms with Crippen LogP contribution in [0.4, 0.5) is 0 Å². The van der Waals surface area contributed by atoms with Crippen molar-refractivity contribution < 1.29 is 14.6 Å². The molecule has 4 nitrogen and oxygen atoms in total. The molecule has 2 unspecified atom stereocenters. The van der Waals surface area contributed by atoms with Gasteiger partial charge in [-0.3, -0.25) is 0 Å². The third-order valence-corrected chi connectivity index (χ3v) is 4.73. The average Bonchev–Trinajstić information content (AvgIpc) is 3.15. The molecule has 4 heteroatoms. The molecule has 1 saturated heterocycles. The van der Waals surface area contributed by atoms with E-state index >= 15 is 0 Å². The Morgan fingerprint density at radius 1 is 1.29 bits per heavy atom. The Morgan fingerprint density at radius 2 is 2.17 bits per heavy atom. The normalized spacial score (nSPS) is 18.8. The molecule has 2 atom stereocenters. The number of hydrogen-bond donors (Lipinski definition) is 2. The number of ether oxygens (including phenoxy) is 2. The van der Waals surface area contributed by atoms with Gasteiger partial charge in [0.15, 0.2) is 0 Å². The summed E-state index contributed by atoms with van der Waals surface area (Å²) in [6.07, 6.45) is 3.30. The van der Waals surface area contributed by atoms with Gasteiger partial charge in [-0.1, -0.05) is 37.3 Å². The molecule has 0 saturated carbocycles. The fraction of sp³-hybridized carbons (Fsp3) is 0.500. The summed E-state index contributed by atoms with van der Waals surface area (Å²) in [7, 11) is 0. The van der Waals surface area contributed by atoms with E-state index in [-0.39, 0.29) is 18.8 Å². The SMILES string of the molecule is CCC(CO)NCc1c(OCC2CCCO2)ccc2ccccc12. The topological polar surface area (TPSA) is 50.7 Å². The molecule has 0 bridgehead atoms. The van der Waals surface area contributed by atoms with Crippen molar-refractivity contribution in [2.75, 3.05) is 19.8 Å². The van der Waals surface area contributed by atoms with Gasteiger partial charge in [0.1, 0.15) is 12.4 Å². The third kappa shape index (κ3) is 4.07. The highest BCUT2D eigenvalue weighted by Crippen LogP contribution is 2.29. The molecule has 0 spiro atoms. The summed E-state index contributed by atoms with van der Waals surface area (Å²) < 4.78 is 11.8. The summed E-state index contributed by atoms with van der Waals surface area (Å²) in [6, 6.07) is 12.6. The summed E-state index contributed by atoms with van der Waals surface area (Å²) in [5.74, 6) is 0.907. The Hall–Kier alpha value is -1.62. The van der Waals surface area contributed by atoms with Gasteiger partial charge in [-0.15, -0.1) is 0 Å². The van der Waals surface area contributed by atoms with Crippen molar-refractivity contribution in [2.45, 2.75) is 44.9 Å². The van der Waals surface area contributed by atoms with Crippen LogP contribution in [0.2, 0.25) is 0 Å². The Balaban J connectivity index is 1.81. The molecule has 2 aromatic rings. The Kier molecular flexibility index (Phi) is 6.07. The van der Waals surface area contributed by atoms with E-state index in [0.717, 1.165) is 37.2 Å². The van der Waals surface area contributed by atoms with Crippen molar-refractivity contribution in [2.24, 2.45) is 0 Å². The maximum Gasteiger partial charge on any atom is 0.124 e. The maximum atomic E-state index is 9.42. The molecular formula is C20H27NO3. The van der Waals surface area contributed by atoms with Crippen LogP contribution >= 0.6 is 0 Å². The molecule has 1 aliphatic heterocycles. The molecule has 1 heterocycles. The summed E-state index contributed by atoms with van der Waals surface area (Å²) >= 11 is 0. The van der Waals surface area contributed by atoms with E-state index in [1.54, 1.807) is 0 Å². The van der Waals surface area contributed by atoms with E-state index in [9.17, 15) is 5.11 Å². The van der Waals surface area contributed by atoms with E-state index < -0.39 is 0 Å². The lowest BCUT2D eigenvalue weighted by Crippen LogP contribution is -2.31. The second-order valence-corrected chi connectivity index (χ2v) is 6.38. The van der Waals surface area contributed by atoms with E-state index in [1.807, 2.05) is 6.07 Å². The number of aliphatic hydroxyl groups excluding tert-OH is 1. The Bertz CT molecular complexity index is 648. The molecule has 0 aromatic heterocycles. The Morgan fingerprint density at radius 3 is 2.92 bits per heavy atom. The first kappa shape index (κ1) is 17.2. The monoisotopic (exact) mass is 329 g/mol. The minimum atomic E-state index is 0.106. The lowest BCUT2D eigenvalue weighted by Gasteiger charge is -2.19. The summed E-state index contributed by atoms with van der Waals surface area (Å²) in [5.41, 5.74) is 1.15. The quantitative estimate of drug-likeness (QED) is 0.780. The van der Waals surface area contributed by atoms with E-state index in [4.69, 9.17) is 9.47 Å². The fourth-order valence-corrected chi connectivity index (χ4v) is 3.18. The zero-order valence-corrected chi connectivity index (χ0v) is 14.3. The van der Waals surface area contributed by atoms with Crippen molar-refractivity contribution in [1.29, 1.82) is 0 Å². The smallest absolute Gasteiger partial charge is 0.124 e. The lowest BCUT2D eigenvalue weighted by molar-refractivity contribution is 0.0676. The van der Waals surface area contributed by atoms with Gasteiger partial charge in [0.05, 0.1) is 12.7 Å². The van der Waals surface area contributed by atoms with Crippen molar-refractivity contribution in [1.82, 2.24) is 5.32 Å². The molecule has 2 aromatic carbocycles. The van der Waals surface area contributed by atoms with Crippen molar-refractivity contribution in [3.63, 3.8) is 0 Å². The number of nitrogens with one attached hydrogen (secondary N) is 1. The average molecular weight is 329 g/mol. The maximum absolute atomic E-state index is 9.42. The van der Waals surface area contributed by atoms with Crippen LogP contribution in [0.1, 0.15) is 31.7 Å². The molecule has 1 fully saturated rings. The second kappa shape index (κ2) is 8.47. The van der Waals surface area contributed by atoms with Gasteiger partial charge >= 0.3 is 0 Å². The Labute approximate surface area is 143 Å². The molecule has 0 aliphatic carbocycles. The summed E-state index contributed by atoms with van der Waals surface area (Å²) in [4.78, 5) is 0. The van der Waals surface area contributed by atoms with Crippen LogP contribution in [0.5, 0.6) is 5.75 Å². The van der Waals surface area contributed by atoms with Gasteiger partial charge in [0.25, 0.3) is 0 Å². The number of fused-ring (bicyclic) bond motifs is 1. The van der Waals surface area contributed by atoms with Crippen LogP contribution in [0.25, 0.3) is 10.8 Å². The van der Waals surface area contributed by atoms with E-state index in [2.05, 4.69) is 42.6 Å². The minimum Gasteiger partial charge on any atom is -0.491 e. The van der Waals surface area contributed by atoms with Crippen LogP contribution < -0.4 is 10.1 Å². The van der Waals surface area contributed by atoms with Gasteiger partial charge in [-0.25, -0.2) is 0 Å². The summed E-state index contributed by atoms with van der Waals surface area (Å²) in [6.45, 7) is 4.35. The second-order valence-electron chi connectivity index (χ2n) is 6.38. The van der Waals surface area contributed by atoms with Crippen LogP contribution in [0, 0.1) is 0 Å². The fourth-order valence-electron chi connectivity index (χ4n) is 3.18. The highest BCUT2D eigenvalue weighted by molar-refractivity contribution is 5.87. The first-order chi connectivity index (χ1) is 11.8. The molecule has 2 N–H and O–H groups in total. The van der Waals surface area contributed by atoms with Crippen molar-refractivity contribution in [3.05, 3.63) is 42.0 Å². The predicted octanol–water partition coefficient (Wildman–Crippen LogP) is 3.26. The molecule has 24 heavy (non-hydrogen) atoms. The molecule has 130 valence electrons. The first-order valence-corrected chi connectivity index (χ1v) is 8.91. The van der Waals surface area contributed by atoms with Crippen LogP contribution in [0.15, 0.2) is 36.4 Å². The minimum absolute atomic E-state index is 0.106. The van der Waals surface area contributed by atoms with Gasteiger partial charge in [0, 0.05) is 24.8 Å². The first-order valence-electron chi connectivity index (χ1n) is 8.91. The van der Waals surface area contributed by atoms with E-state index in [1.165, 1.54) is 10.8 Å². The molecule has 3 rings (SSSR count). The highest BCUT2D eigenvalue weighted by Gasteiger charge is 2.18. The highest BCUT2D eigenvalue weighted by atomic mass is 16.5. The van der Waals surface area contributed by atoms with Gasteiger partial charge < -0.3 is 19.9 Å². The standard InChI is InChI=1S/C20H27NO3/c1-2-16(13-22)21-12-19-18-8-4-3-6-15(18)9-10-20(19)24-14-17-7-5-11-23-17/h3-4,6,8-10,16-17,21-22H,2,5,7,11-14H2,1H3. The zero-order valence-electron chi connectivity index (χ0n) is 14.3. The van der Waals surface area contributed by atoms with Gasteiger partial charge in [-0.2, -0.15) is 0 Å². The van der Waals surface area contributed by atoms with Crippen molar-refractivity contribution in [3.8, 4) is 5.75 Å². The number of hydrogen-bond acceptors (Lipinski definition) is 4. The number of aliphatic hydroxyl groups is 1. The van der Waals surface area contributed by atoms with Crippen LogP contribution in [0.3, 0.4) is 0 Å². The van der Waals surface area contributed by atoms with Crippen LogP contribution in [-0.4, -0.2) is 37.1 Å². The molecule has 1 aliphatic rings. The molecule has 0 radical (unpaired) electrons. The van der Waals surface area contributed by atoms with Crippen molar-refractivity contribution >= 4 is 10.8 Å². The number of rotatable bonds is 8. The summed E-state index contributed by atoms with van der Waals surface area (Å²) in [5, 5.41) is 15.3. The van der Waals surface area contributed by atoms with Crippen LogP contribution in [-0.2, 0) is 11.3 Å². The van der Waals surface area contributed by atoms with E-state index in [0.29, 0.717) is 13.2 Å². The zero-order chi connectivity index (χ0) is 16.8. The molecule has 0 amide bonds. The largest absolute Gasteiger partial charge is 0.491 e. The predicted molar refractivity (Wildman–Crippen MR) is 96.4 cm³/mol.